The Hall–Kier alpha value is -2.72. The van der Waals surface area contributed by atoms with Gasteiger partial charge in [0.15, 0.2) is 0 Å². The lowest BCUT2D eigenvalue weighted by Gasteiger charge is -2.13. The maximum Gasteiger partial charge on any atom is 0.213 e. The Labute approximate surface area is 129 Å². The molecule has 0 saturated carbocycles. The Morgan fingerprint density at radius 2 is 1.73 bits per heavy atom. The number of ether oxygens (including phenoxy) is 1. The van der Waals surface area contributed by atoms with Crippen molar-refractivity contribution in [2.45, 2.75) is 6.04 Å². The van der Waals surface area contributed by atoms with Crippen molar-refractivity contribution < 1.29 is 4.74 Å². The van der Waals surface area contributed by atoms with E-state index in [0.29, 0.717) is 12.5 Å². The standard InChI is InChI=1S/C18H17N3O/c19-16(14-6-2-1-3-7-14)13-22-18-10-9-15(12-21-18)17-8-4-5-11-20-17/h1-12,16H,13,19H2. The molecule has 3 aromatic rings. The van der Waals surface area contributed by atoms with Gasteiger partial charge in [-0.1, -0.05) is 36.4 Å². The first-order valence-electron chi connectivity index (χ1n) is 7.14. The maximum atomic E-state index is 6.10. The molecule has 0 radical (unpaired) electrons. The smallest absolute Gasteiger partial charge is 0.213 e. The van der Waals surface area contributed by atoms with E-state index in [-0.39, 0.29) is 6.04 Å². The SMILES string of the molecule is NC(COc1ccc(-c2ccccn2)cn1)c1ccccc1. The van der Waals surface area contributed by atoms with Crippen LogP contribution in [0.25, 0.3) is 11.3 Å². The molecule has 22 heavy (non-hydrogen) atoms. The van der Waals surface area contributed by atoms with Gasteiger partial charge in [-0.2, -0.15) is 0 Å². The highest BCUT2D eigenvalue weighted by Crippen LogP contribution is 2.18. The van der Waals surface area contributed by atoms with Crippen LogP contribution in [0.3, 0.4) is 0 Å². The van der Waals surface area contributed by atoms with E-state index >= 15 is 0 Å². The van der Waals surface area contributed by atoms with Gasteiger partial charge in [-0.15, -0.1) is 0 Å². The van der Waals surface area contributed by atoms with Crippen LogP contribution in [0.1, 0.15) is 11.6 Å². The van der Waals surface area contributed by atoms with Crippen molar-refractivity contribution in [1.82, 2.24) is 9.97 Å². The van der Waals surface area contributed by atoms with Crippen LogP contribution in [-0.2, 0) is 0 Å². The van der Waals surface area contributed by atoms with Gasteiger partial charge < -0.3 is 10.5 Å². The molecule has 0 aliphatic rings. The Balaban J connectivity index is 1.62. The van der Waals surface area contributed by atoms with Gasteiger partial charge in [0.25, 0.3) is 0 Å². The fourth-order valence-electron chi connectivity index (χ4n) is 2.12. The minimum atomic E-state index is -0.168. The summed E-state index contributed by atoms with van der Waals surface area (Å²) in [4.78, 5) is 8.59. The van der Waals surface area contributed by atoms with Crippen LogP contribution in [0.15, 0.2) is 73.1 Å². The topological polar surface area (TPSA) is 61.0 Å². The predicted molar refractivity (Wildman–Crippen MR) is 86.3 cm³/mol. The summed E-state index contributed by atoms with van der Waals surface area (Å²) < 4.78 is 5.66. The summed E-state index contributed by atoms with van der Waals surface area (Å²) in [6.45, 7) is 0.389. The Morgan fingerprint density at radius 1 is 0.909 bits per heavy atom. The predicted octanol–water partition coefficient (Wildman–Crippen LogP) is 3.22. The summed E-state index contributed by atoms with van der Waals surface area (Å²) >= 11 is 0. The van der Waals surface area contributed by atoms with Crippen LogP contribution in [-0.4, -0.2) is 16.6 Å². The van der Waals surface area contributed by atoms with E-state index < -0.39 is 0 Å². The van der Waals surface area contributed by atoms with Gasteiger partial charge in [-0.3, -0.25) is 4.98 Å². The summed E-state index contributed by atoms with van der Waals surface area (Å²) in [6, 6.07) is 19.3. The van der Waals surface area contributed by atoms with Gasteiger partial charge in [0.2, 0.25) is 5.88 Å². The third kappa shape index (κ3) is 3.48. The lowest BCUT2D eigenvalue weighted by molar-refractivity contribution is 0.280. The quantitative estimate of drug-likeness (QED) is 0.784. The lowest BCUT2D eigenvalue weighted by Crippen LogP contribution is -2.19. The monoisotopic (exact) mass is 291 g/mol. The molecule has 2 aromatic heterocycles. The zero-order valence-electron chi connectivity index (χ0n) is 12.1. The molecular formula is C18H17N3O. The number of hydrogen-bond acceptors (Lipinski definition) is 4. The van der Waals surface area contributed by atoms with Crippen LogP contribution < -0.4 is 10.5 Å². The van der Waals surface area contributed by atoms with E-state index in [0.717, 1.165) is 16.8 Å². The van der Waals surface area contributed by atoms with Crippen LogP contribution in [0, 0.1) is 0 Å². The van der Waals surface area contributed by atoms with Gasteiger partial charge in [-0.05, 0) is 23.8 Å². The highest BCUT2D eigenvalue weighted by atomic mass is 16.5. The van der Waals surface area contributed by atoms with Crippen molar-refractivity contribution in [3.8, 4) is 17.1 Å². The molecule has 0 aliphatic heterocycles. The first kappa shape index (κ1) is 14.2. The minimum absolute atomic E-state index is 0.168. The molecule has 4 nitrogen and oxygen atoms in total. The van der Waals surface area contributed by atoms with Gasteiger partial charge in [0, 0.05) is 24.0 Å². The van der Waals surface area contributed by atoms with Crippen molar-refractivity contribution in [2.75, 3.05) is 6.61 Å². The second kappa shape index (κ2) is 6.83. The van der Waals surface area contributed by atoms with E-state index in [2.05, 4.69) is 9.97 Å². The third-order valence-electron chi connectivity index (χ3n) is 3.34. The zero-order chi connectivity index (χ0) is 15.2. The molecule has 1 atom stereocenters. The molecule has 1 unspecified atom stereocenters. The summed E-state index contributed by atoms with van der Waals surface area (Å²) in [7, 11) is 0. The first-order chi connectivity index (χ1) is 10.8. The van der Waals surface area contributed by atoms with Crippen molar-refractivity contribution >= 4 is 0 Å². The second-order valence-electron chi connectivity index (χ2n) is 4.93. The summed E-state index contributed by atoms with van der Waals surface area (Å²) in [5.74, 6) is 0.561. The molecule has 4 heteroatoms. The molecule has 0 aliphatic carbocycles. The zero-order valence-corrected chi connectivity index (χ0v) is 12.1. The number of rotatable bonds is 5. The highest BCUT2D eigenvalue weighted by Gasteiger charge is 2.07. The number of pyridine rings is 2. The van der Waals surface area contributed by atoms with E-state index in [1.54, 1.807) is 12.4 Å². The van der Waals surface area contributed by atoms with E-state index in [1.165, 1.54) is 0 Å². The van der Waals surface area contributed by atoms with Crippen molar-refractivity contribution in [3.05, 3.63) is 78.6 Å². The average molecular weight is 291 g/mol. The number of nitrogens with zero attached hydrogens (tertiary/aromatic N) is 2. The third-order valence-corrected chi connectivity index (χ3v) is 3.34. The summed E-state index contributed by atoms with van der Waals surface area (Å²) in [6.07, 6.45) is 3.52. The molecule has 0 saturated heterocycles. The van der Waals surface area contributed by atoms with Gasteiger partial charge in [-0.25, -0.2) is 4.98 Å². The molecule has 1 aromatic carbocycles. The first-order valence-corrected chi connectivity index (χ1v) is 7.14. The van der Waals surface area contributed by atoms with E-state index in [9.17, 15) is 0 Å². The largest absolute Gasteiger partial charge is 0.476 e. The Morgan fingerprint density at radius 3 is 2.41 bits per heavy atom. The molecule has 110 valence electrons. The fraction of sp³-hybridized carbons (Fsp3) is 0.111. The molecule has 2 heterocycles. The van der Waals surface area contributed by atoms with Crippen molar-refractivity contribution in [3.63, 3.8) is 0 Å². The van der Waals surface area contributed by atoms with E-state index in [4.69, 9.17) is 10.5 Å². The summed E-state index contributed by atoms with van der Waals surface area (Å²) in [5.41, 5.74) is 9.00. The molecule has 0 fully saturated rings. The molecule has 0 spiro atoms. The molecule has 2 N–H and O–H groups in total. The van der Waals surface area contributed by atoms with Crippen LogP contribution in [0.4, 0.5) is 0 Å². The fourth-order valence-corrected chi connectivity index (χ4v) is 2.12. The number of nitrogens with two attached hydrogens (primary N) is 1. The van der Waals surface area contributed by atoms with Gasteiger partial charge in [0.1, 0.15) is 6.61 Å². The molecule has 3 rings (SSSR count). The number of benzene rings is 1. The maximum absolute atomic E-state index is 6.10. The van der Waals surface area contributed by atoms with Crippen LogP contribution >= 0.6 is 0 Å². The molecular weight excluding hydrogens is 274 g/mol. The van der Waals surface area contributed by atoms with Gasteiger partial charge in [0.05, 0.1) is 11.7 Å². The highest BCUT2D eigenvalue weighted by molar-refractivity contribution is 5.57. The van der Waals surface area contributed by atoms with Crippen LogP contribution in [0.5, 0.6) is 5.88 Å². The number of hydrogen-bond donors (Lipinski definition) is 1. The van der Waals surface area contributed by atoms with Crippen molar-refractivity contribution in [2.24, 2.45) is 5.73 Å². The lowest BCUT2D eigenvalue weighted by atomic mass is 10.1. The Kier molecular flexibility index (Phi) is 4.41. The molecule has 0 amide bonds. The van der Waals surface area contributed by atoms with E-state index in [1.807, 2.05) is 60.7 Å². The van der Waals surface area contributed by atoms with Crippen LogP contribution in [0.2, 0.25) is 0 Å². The second-order valence-corrected chi connectivity index (χ2v) is 4.93. The number of aromatic nitrogens is 2. The molecule has 0 bridgehead atoms. The average Bonchev–Trinajstić information content (AvgIpc) is 2.61. The normalized spacial score (nSPS) is 11.9. The Bertz CT molecular complexity index is 699. The minimum Gasteiger partial charge on any atom is -0.476 e. The van der Waals surface area contributed by atoms with Crippen molar-refractivity contribution in [1.29, 1.82) is 0 Å². The van der Waals surface area contributed by atoms with Gasteiger partial charge >= 0.3 is 0 Å². The summed E-state index contributed by atoms with van der Waals surface area (Å²) in [5, 5.41) is 0.